The highest BCUT2D eigenvalue weighted by molar-refractivity contribution is 7.91. The van der Waals surface area contributed by atoms with E-state index < -0.39 is 14.9 Å². The molecule has 2 N–H and O–H groups in total. The molecule has 2 aromatic heterocycles. The lowest BCUT2D eigenvalue weighted by molar-refractivity contribution is 0.377. The molecule has 0 aliphatic heterocycles. The van der Waals surface area contributed by atoms with E-state index in [0.29, 0.717) is 28.5 Å². The van der Waals surface area contributed by atoms with Gasteiger partial charge in [0, 0.05) is 11.8 Å². The number of hydrogen-bond acceptors (Lipinski definition) is 6. The number of nitrogens with zero attached hydrogens (tertiary/aromatic N) is 1. The number of rotatable bonds is 4. The van der Waals surface area contributed by atoms with Crippen molar-refractivity contribution in [1.29, 1.82) is 0 Å². The molecule has 0 radical (unpaired) electrons. The molecule has 0 amide bonds. The minimum atomic E-state index is -3.71. The van der Waals surface area contributed by atoms with Crippen LogP contribution in [0.5, 0.6) is 0 Å². The summed E-state index contributed by atoms with van der Waals surface area (Å²) in [6.45, 7) is 3.27. The van der Waals surface area contributed by atoms with E-state index in [1.807, 2.05) is 0 Å². The maximum absolute atomic E-state index is 11.9. The van der Waals surface area contributed by atoms with Crippen LogP contribution < -0.4 is 9.60 Å². The Labute approximate surface area is 107 Å². The highest BCUT2D eigenvalue weighted by Gasteiger charge is 2.20. The zero-order valence-corrected chi connectivity index (χ0v) is 11.3. The summed E-state index contributed by atoms with van der Waals surface area (Å²) >= 11 is 0.654. The van der Waals surface area contributed by atoms with Gasteiger partial charge in [0.1, 0.15) is 0 Å². The van der Waals surface area contributed by atoms with Crippen molar-refractivity contribution >= 4 is 21.4 Å². The smallest absolute Gasteiger partial charge is 0.305 e. The van der Waals surface area contributed by atoms with Crippen LogP contribution in [0.25, 0.3) is 0 Å². The second kappa shape index (κ2) is 4.67. The Balaban J connectivity index is 2.18. The van der Waals surface area contributed by atoms with Crippen LogP contribution in [0.1, 0.15) is 17.1 Å². The quantitative estimate of drug-likeness (QED) is 0.853. The topological polar surface area (TPSA) is 105 Å². The maximum Gasteiger partial charge on any atom is 0.305 e. The van der Waals surface area contributed by atoms with Crippen LogP contribution in [-0.2, 0) is 16.6 Å². The van der Waals surface area contributed by atoms with Crippen LogP contribution in [0, 0.1) is 13.8 Å². The monoisotopic (exact) mass is 289 g/mol. The van der Waals surface area contributed by atoms with Gasteiger partial charge < -0.3 is 9.51 Å². The van der Waals surface area contributed by atoms with Gasteiger partial charge in [-0.1, -0.05) is 16.5 Å². The number of hydrogen-bond donors (Lipinski definition) is 2. The first kappa shape index (κ1) is 13.0. The molecular formula is C9H11N3O4S2. The largest absolute Gasteiger partial charge is 0.360 e. The molecule has 0 aliphatic rings. The SMILES string of the molecule is Cc1cc(CNS(=O)(=O)c2sc(=O)[nH]c2C)on1. The van der Waals surface area contributed by atoms with Crippen LogP contribution in [0.2, 0.25) is 0 Å². The number of H-pyrrole nitrogens is 1. The second-order valence-corrected chi connectivity index (χ2v) is 6.63. The summed E-state index contributed by atoms with van der Waals surface area (Å²) in [5, 5.41) is 3.65. The number of aromatic nitrogens is 2. The Morgan fingerprint density at radius 3 is 2.72 bits per heavy atom. The van der Waals surface area contributed by atoms with E-state index >= 15 is 0 Å². The lowest BCUT2D eigenvalue weighted by Crippen LogP contribution is -2.22. The van der Waals surface area contributed by atoms with E-state index in [-0.39, 0.29) is 10.8 Å². The molecule has 2 rings (SSSR count). The van der Waals surface area contributed by atoms with Gasteiger partial charge >= 0.3 is 4.87 Å². The van der Waals surface area contributed by atoms with Crippen LogP contribution in [0.4, 0.5) is 0 Å². The Bertz CT molecular complexity index is 710. The molecule has 0 fully saturated rings. The number of thiazole rings is 1. The van der Waals surface area contributed by atoms with Gasteiger partial charge in [0.25, 0.3) is 10.0 Å². The van der Waals surface area contributed by atoms with Gasteiger partial charge in [-0.25, -0.2) is 13.1 Å². The molecule has 18 heavy (non-hydrogen) atoms. The summed E-state index contributed by atoms with van der Waals surface area (Å²) in [6.07, 6.45) is 0. The average Bonchev–Trinajstić information content (AvgIpc) is 2.82. The minimum Gasteiger partial charge on any atom is -0.360 e. The molecule has 9 heteroatoms. The minimum absolute atomic E-state index is 0.00525. The van der Waals surface area contributed by atoms with Crippen molar-refractivity contribution in [3.63, 3.8) is 0 Å². The fourth-order valence-electron chi connectivity index (χ4n) is 1.38. The summed E-state index contributed by atoms with van der Waals surface area (Å²) in [5.41, 5.74) is 0.998. The normalized spacial score (nSPS) is 11.9. The number of sulfonamides is 1. The van der Waals surface area contributed by atoms with Gasteiger partial charge in [-0.2, -0.15) is 0 Å². The Morgan fingerprint density at radius 1 is 1.50 bits per heavy atom. The van der Waals surface area contributed by atoms with Gasteiger partial charge in [-0.05, 0) is 13.8 Å². The van der Waals surface area contributed by atoms with Crippen molar-refractivity contribution in [2.75, 3.05) is 0 Å². The predicted octanol–water partition coefficient (Wildman–Crippen LogP) is 0.520. The zero-order chi connectivity index (χ0) is 13.3. The molecule has 0 saturated heterocycles. The third-order valence-corrected chi connectivity index (χ3v) is 5.14. The van der Waals surface area contributed by atoms with Crippen LogP contribution in [0.15, 0.2) is 19.6 Å². The van der Waals surface area contributed by atoms with Crippen molar-refractivity contribution < 1.29 is 12.9 Å². The lowest BCUT2D eigenvalue weighted by Gasteiger charge is -2.02. The molecule has 7 nitrogen and oxygen atoms in total. The molecule has 0 atom stereocenters. The van der Waals surface area contributed by atoms with E-state index in [0.717, 1.165) is 0 Å². The number of aryl methyl sites for hydroxylation is 2. The Hall–Kier alpha value is -1.45. The van der Waals surface area contributed by atoms with E-state index in [1.54, 1.807) is 13.0 Å². The van der Waals surface area contributed by atoms with Crippen LogP contribution in [0.3, 0.4) is 0 Å². The molecule has 0 unspecified atom stereocenters. The van der Waals surface area contributed by atoms with Gasteiger partial charge in [-0.15, -0.1) is 0 Å². The molecule has 0 aliphatic carbocycles. The van der Waals surface area contributed by atoms with E-state index in [2.05, 4.69) is 14.9 Å². The number of nitrogens with one attached hydrogen (secondary N) is 2. The lowest BCUT2D eigenvalue weighted by atomic mass is 10.4. The van der Waals surface area contributed by atoms with Crippen LogP contribution in [-0.4, -0.2) is 18.6 Å². The molecular weight excluding hydrogens is 278 g/mol. The standard InChI is InChI=1S/C9H11N3O4S2/c1-5-3-7(16-12-5)4-10-18(14,15)8-6(2)11-9(13)17-8/h3,10H,4H2,1-2H3,(H,11,13). The van der Waals surface area contributed by atoms with Crippen molar-refractivity contribution in [3.8, 4) is 0 Å². The first-order valence-electron chi connectivity index (χ1n) is 5.00. The highest BCUT2D eigenvalue weighted by atomic mass is 32.2. The Kier molecular flexibility index (Phi) is 3.37. The van der Waals surface area contributed by atoms with Crippen molar-refractivity contribution in [2.45, 2.75) is 24.6 Å². The first-order valence-corrected chi connectivity index (χ1v) is 7.30. The summed E-state index contributed by atoms with van der Waals surface area (Å²) in [5.74, 6) is 0.414. The molecule has 0 spiro atoms. The second-order valence-electron chi connectivity index (χ2n) is 3.69. The first-order chi connectivity index (χ1) is 8.38. The molecule has 2 aromatic rings. The maximum atomic E-state index is 11.9. The molecule has 98 valence electrons. The van der Waals surface area contributed by atoms with Crippen molar-refractivity contribution in [2.24, 2.45) is 0 Å². The van der Waals surface area contributed by atoms with Crippen molar-refractivity contribution in [3.05, 3.63) is 32.9 Å². The fraction of sp³-hybridized carbons (Fsp3) is 0.333. The zero-order valence-electron chi connectivity index (χ0n) is 9.68. The summed E-state index contributed by atoms with van der Waals surface area (Å²) in [6, 6.07) is 1.63. The molecule has 0 aromatic carbocycles. The summed E-state index contributed by atoms with van der Waals surface area (Å²) < 4.78 is 31.1. The van der Waals surface area contributed by atoms with E-state index in [1.165, 1.54) is 6.92 Å². The average molecular weight is 289 g/mol. The molecule has 0 saturated carbocycles. The van der Waals surface area contributed by atoms with Crippen LogP contribution >= 0.6 is 11.3 Å². The van der Waals surface area contributed by atoms with E-state index in [9.17, 15) is 13.2 Å². The van der Waals surface area contributed by atoms with Gasteiger partial charge in [0.2, 0.25) is 0 Å². The third-order valence-electron chi connectivity index (χ3n) is 2.14. The molecule has 2 heterocycles. The highest BCUT2D eigenvalue weighted by Crippen LogP contribution is 2.16. The summed E-state index contributed by atoms with van der Waals surface area (Å²) in [7, 11) is -3.71. The van der Waals surface area contributed by atoms with Gasteiger partial charge in [0.05, 0.1) is 12.2 Å². The van der Waals surface area contributed by atoms with Crippen molar-refractivity contribution in [1.82, 2.24) is 14.9 Å². The third kappa shape index (κ3) is 2.68. The van der Waals surface area contributed by atoms with Gasteiger partial charge in [0.15, 0.2) is 9.97 Å². The molecule has 0 bridgehead atoms. The number of aromatic amines is 1. The van der Waals surface area contributed by atoms with E-state index in [4.69, 9.17) is 4.52 Å². The Morgan fingerprint density at radius 2 is 2.22 bits per heavy atom. The predicted molar refractivity (Wildman–Crippen MR) is 64.9 cm³/mol. The van der Waals surface area contributed by atoms with Gasteiger partial charge in [-0.3, -0.25) is 4.79 Å². The summed E-state index contributed by atoms with van der Waals surface area (Å²) in [4.78, 5) is 13.1. The fourth-order valence-corrected chi connectivity index (χ4v) is 3.71.